The summed E-state index contributed by atoms with van der Waals surface area (Å²) in [4.78, 5) is 17.6. The first-order chi connectivity index (χ1) is 9.93. The molecule has 0 radical (unpaired) electrons. The van der Waals surface area contributed by atoms with E-state index in [0.29, 0.717) is 0 Å². The number of nitro groups is 1. The Bertz CT molecular complexity index is 776. The number of halogens is 2. The molecule has 106 valence electrons. The number of rotatable bonds is 3. The predicted octanol–water partition coefficient (Wildman–Crippen LogP) is 3.15. The zero-order valence-electron chi connectivity index (χ0n) is 10.5. The van der Waals surface area contributed by atoms with E-state index in [1.54, 1.807) is 6.07 Å². The number of nitriles is 1. The minimum Gasteiger partial charge on any atom is -0.432 e. The van der Waals surface area contributed by atoms with E-state index in [1.165, 1.54) is 19.1 Å². The number of hydrogen-bond acceptors (Lipinski definition) is 6. The normalized spacial score (nSPS) is 10.0. The zero-order valence-corrected chi connectivity index (χ0v) is 11.3. The van der Waals surface area contributed by atoms with Crippen molar-refractivity contribution in [2.24, 2.45) is 0 Å². The van der Waals surface area contributed by atoms with E-state index in [1.807, 2.05) is 0 Å². The molecule has 0 saturated heterocycles. The maximum absolute atomic E-state index is 13.5. The lowest BCUT2D eigenvalue weighted by Crippen LogP contribution is -2.02. The van der Waals surface area contributed by atoms with Crippen LogP contribution in [-0.2, 0) is 0 Å². The smallest absolute Gasteiger partial charge is 0.352 e. The first-order valence-corrected chi connectivity index (χ1v) is 5.86. The highest BCUT2D eigenvalue weighted by Gasteiger charge is 2.25. The van der Waals surface area contributed by atoms with E-state index in [0.717, 1.165) is 6.07 Å². The van der Waals surface area contributed by atoms with Crippen LogP contribution in [0.5, 0.6) is 11.6 Å². The van der Waals surface area contributed by atoms with Crippen molar-refractivity contribution in [3.05, 3.63) is 50.7 Å². The molecular weight excluding hydrogens is 303 g/mol. The second kappa shape index (κ2) is 5.68. The maximum atomic E-state index is 13.5. The van der Waals surface area contributed by atoms with Gasteiger partial charge in [-0.05, 0) is 30.7 Å². The Kier molecular flexibility index (Phi) is 3.95. The highest BCUT2D eigenvalue weighted by Crippen LogP contribution is 2.34. The van der Waals surface area contributed by atoms with E-state index in [9.17, 15) is 14.5 Å². The molecule has 0 aliphatic carbocycles. The third-order valence-electron chi connectivity index (χ3n) is 2.48. The molecular formula is C12H6ClFN4O3. The molecule has 0 fully saturated rings. The van der Waals surface area contributed by atoms with Crippen molar-refractivity contribution in [2.75, 3.05) is 0 Å². The second-order valence-electron chi connectivity index (χ2n) is 3.82. The molecule has 7 nitrogen and oxygen atoms in total. The van der Waals surface area contributed by atoms with Crippen molar-refractivity contribution in [2.45, 2.75) is 6.92 Å². The topological polar surface area (TPSA) is 102 Å². The van der Waals surface area contributed by atoms with Crippen molar-refractivity contribution in [3.63, 3.8) is 0 Å². The molecule has 1 aromatic heterocycles. The van der Waals surface area contributed by atoms with Gasteiger partial charge in [-0.1, -0.05) is 6.07 Å². The standard InChI is InChI=1S/C12H6ClFN4O3/c1-6-10(18(19)20)11(17-12(13)16-6)21-9-4-2-3-8(14)7(9)5-15/h2-4H,1H3. The fraction of sp³-hybridized carbons (Fsp3) is 0.0833. The Balaban J connectivity index is 2.58. The van der Waals surface area contributed by atoms with Crippen molar-refractivity contribution in [1.29, 1.82) is 5.26 Å². The highest BCUT2D eigenvalue weighted by atomic mass is 35.5. The van der Waals surface area contributed by atoms with E-state index >= 15 is 0 Å². The van der Waals surface area contributed by atoms with Crippen LogP contribution < -0.4 is 4.74 Å². The Morgan fingerprint density at radius 1 is 1.48 bits per heavy atom. The van der Waals surface area contributed by atoms with Crippen molar-refractivity contribution < 1.29 is 14.1 Å². The molecule has 2 rings (SSSR count). The third-order valence-corrected chi connectivity index (χ3v) is 2.64. The molecule has 0 saturated carbocycles. The molecule has 1 heterocycles. The van der Waals surface area contributed by atoms with Gasteiger partial charge in [-0.25, -0.2) is 9.37 Å². The van der Waals surface area contributed by atoms with Crippen LogP contribution in [0.25, 0.3) is 0 Å². The molecule has 0 unspecified atom stereocenters. The Hall–Kier alpha value is -2.79. The molecule has 0 bridgehead atoms. The highest BCUT2D eigenvalue weighted by molar-refractivity contribution is 6.28. The van der Waals surface area contributed by atoms with Gasteiger partial charge in [0.15, 0.2) is 5.75 Å². The van der Waals surface area contributed by atoms with Gasteiger partial charge in [-0.15, -0.1) is 0 Å². The number of hydrogen-bond donors (Lipinski definition) is 0. The quantitative estimate of drug-likeness (QED) is 0.490. The van der Waals surface area contributed by atoms with Crippen LogP contribution in [0.15, 0.2) is 18.2 Å². The largest absolute Gasteiger partial charge is 0.432 e. The lowest BCUT2D eigenvalue weighted by atomic mass is 10.2. The predicted molar refractivity (Wildman–Crippen MR) is 69.6 cm³/mol. The summed E-state index contributed by atoms with van der Waals surface area (Å²) in [6.07, 6.45) is 0. The van der Waals surface area contributed by atoms with Crippen LogP contribution in [0, 0.1) is 34.2 Å². The van der Waals surface area contributed by atoms with Crippen LogP contribution in [0.1, 0.15) is 11.3 Å². The second-order valence-corrected chi connectivity index (χ2v) is 4.15. The van der Waals surface area contributed by atoms with Crippen molar-refractivity contribution in [3.8, 4) is 17.7 Å². The summed E-state index contributed by atoms with van der Waals surface area (Å²) in [6, 6.07) is 5.27. The number of aryl methyl sites for hydroxylation is 1. The zero-order chi connectivity index (χ0) is 15.6. The Morgan fingerprint density at radius 2 is 2.19 bits per heavy atom. The molecule has 0 amide bonds. The van der Waals surface area contributed by atoms with Crippen LogP contribution in [0.4, 0.5) is 10.1 Å². The molecule has 9 heteroatoms. The monoisotopic (exact) mass is 308 g/mol. The number of ether oxygens (including phenoxy) is 1. The molecule has 0 atom stereocenters. The van der Waals surface area contributed by atoms with Crippen molar-refractivity contribution in [1.82, 2.24) is 9.97 Å². The van der Waals surface area contributed by atoms with Gasteiger partial charge in [0.2, 0.25) is 5.28 Å². The molecule has 0 aliphatic rings. The summed E-state index contributed by atoms with van der Waals surface area (Å²) < 4.78 is 18.7. The van der Waals surface area contributed by atoms with Gasteiger partial charge >= 0.3 is 11.6 Å². The Morgan fingerprint density at radius 3 is 2.81 bits per heavy atom. The fourth-order valence-corrected chi connectivity index (χ4v) is 1.79. The summed E-state index contributed by atoms with van der Waals surface area (Å²) in [7, 11) is 0. The number of benzene rings is 1. The van der Waals surface area contributed by atoms with E-state index in [4.69, 9.17) is 21.6 Å². The Labute approximate surface area is 122 Å². The minimum atomic E-state index is -0.811. The fourth-order valence-electron chi connectivity index (χ4n) is 1.59. The molecule has 0 N–H and O–H groups in total. The van der Waals surface area contributed by atoms with Gasteiger partial charge in [0.1, 0.15) is 23.1 Å². The van der Waals surface area contributed by atoms with Gasteiger partial charge in [-0.3, -0.25) is 10.1 Å². The van der Waals surface area contributed by atoms with E-state index in [2.05, 4.69) is 9.97 Å². The van der Waals surface area contributed by atoms with Crippen LogP contribution in [0.3, 0.4) is 0 Å². The number of nitrogens with zero attached hydrogens (tertiary/aromatic N) is 4. The van der Waals surface area contributed by atoms with Crippen LogP contribution >= 0.6 is 11.6 Å². The van der Waals surface area contributed by atoms with Gasteiger partial charge < -0.3 is 4.74 Å². The minimum absolute atomic E-state index is 0.00934. The van der Waals surface area contributed by atoms with Gasteiger partial charge in [0, 0.05) is 0 Å². The maximum Gasteiger partial charge on any atom is 0.352 e. The van der Waals surface area contributed by atoms with Crippen LogP contribution in [0.2, 0.25) is 5.28 Å². The average Bonchev–Trinajstić information content (AvgIpc) is 2.37. The van der Waals surface area contributed by atoms with Gasteiger partial charge in [0.25, 0.3) is 0 Å². The molecule has 2 aromatic rings. The summed E-state index contributed by atoms with van der Waals surface area (Å²) in [6.45, 7) is 1.36. The first-order valence-electron chi connectivity index (χ1n) is 5.49. The third kappa shape index (κ3) is 2.88. The molecule has 0 aliphatic heterocycles. The lowest BCUT2D eigenvalue weighted by molar-refractivity contribution is -0.386. The van der Waals surface area contributed by atoms with E-state index < -0.39 is 22.3 Å². The van der Waals surface area contributed by atoms with Crippen LogP contribution in [-0.4, -0.2) is 14.9 Å². The van der Waals surface area contributed by atoms with E-state index in [-0.39, 0.29) is 22.3 Å². The summed E-state index contributed by atoms with van der Waals surface area (Å²) in [5, 5.41) is 19.7. The molecule has 0 spiro atoms. The van der Waals surface area contributed by atoms with Gasteiger partial charge in [-0.2, -0.15) is 10.2 Å². The lowest BCUT2D eigenvalue weighted by Gasteiger charge is -2.08. The SMILES string of the molecule is Cc1nc(Cl)nc(Oc2cccc(F)c2C#N)c1[N+](=O)[O-]. The van der Waals surface area contributed by atoms with Gasteiger partial charge in [0.05, 0.1) is 4.92 Å². The number of aromatic nitrogens is 2. The molecule has 21 heavy (non-hydrogen) atoms. The van der Waals surface area contributed by atoms with Crippen molar-refractivity contribution >= 4 is 17.3 Å². The summed E-state index contributed by atoms with van der Waals surface area (Å²) >= 11 is 5.63. The average molecular weight is 309 g/mol. The molecule has 1 aromatic carbocycles. The summed E-state index contributed by atoms with van der Waals surface area (Å²) in [5.41, 5.74) is -0.906. The first kappa shape index (κ1) is 14.6. The summed E-state index contributed by atoms with van der Waals surface area (Å²) in [5.74, 6) is -1.47.